The van der Waals surface area contributed by atoms with E-state index < -0.39 is 5.91 Å². The Kier molecular flexibility index (Phi) is 3.87. The maximum Gasteiger partial charge on any atom is 0.261 e. The minimum atomic E-state index is -0.430. The standard InChI is InChI=1S/C19H19N3O3/c23-17-8-3-9-22(17)14-6-2-5-13(11-14)20-18(24)15-10-12-4-1-7-16(12)21-19(15)25/h2,5-6,10-11H,1,3-4,7-9H2,(H,20,24)(H,21,25). The molecule has 1 aromatic heterocycles. The Morgan fingerprint density at radius 2 is 1.96 bits per heavy atom. The molecule has 2 aliphatic rings. The summed E-state index contributed by atoms with van der Waals surface area (Å²) in [5.74, 6) is -0.334. The van der Waals surface area contributed by atoms with Gasteiger partial charge in [0.1, 0.15) is 5.56 Å². The fraction of sp³-hybridized carbons (Fsp3) is 0.316. The average Bonchev–Trinajstić information content (AvgIpc) is 3.22. The van der Waals surface area contributed by atoms with Crippen molar-refractivity contribution in [3.05, 3.63) is 57.5 Å². The predicted octanol–water partition coefficient (Wildman–Crippen LogP) is 2.24. The summed E-state index contributed by atoms with van der Waals surface area (Å²) in [6.45, 7) is 0.695. The Bertz CT molecular complexity index is 916. The average molecular weight is 337 g/mol. The van der Waals surface area contributed by atoms with E-state index in [0.717, 1.165) is 42.6 Å². The van der Waals surface area contributed by atoms with Crippen molar-refractivity contribution in [1.82, 2.24) is 4.98 Å². The molecule has 0 spiro atoms. The first-order valence-corrected chi connectivity index (χ1v) is 8.59. The molecule has 25 heavy (non-hydrogen) atoms. The van der Waals surface area contributed by atoms with Crippen molar-refractivity contribution in [3.63, 3.8) is 0 Å². The van der Waals surface area contributed by atoms with Crippen LogP contribution < -0.4 is 15.8 Å². The van der Waals surface area contributed by atoms with Gasteiger partial charge in [-0.1, -0.05) is 6.07 Å². The van der Waals surface area contributed by atoms with Crippen LogP contribution in [0.5, 0.6) is 0 Å². The third kappa shape index (κ3) is 2.95. The second-order valence-corrected chi connectivity index (χ2v) is 6.52. The van der Waals surface area contributed by atoms with Gasteiger partial charge in [0.25, 0.3) is 11.5 Å². The first-order valence-electron chi connectivity index (χ1n) is 8.59. The molecule has 128 valence electrons. The number of H-pyrrole nitrogens is 1. The number of rotatable bonds is 3. The largest absolute Gasteiger partial charge is 0.325 e. The van der Waals surface area contributed by atoms with Gasteiger partial charge in [-0.3, -0.25) is 14.4 Å². The summed E-state index contributed by atoms with van der Waals surface area (Å²) in [5.41, 5.74) is 3.09. The first-order chi connectivity index (χ1) is 12.1. The number of nitrogens with one attached hydrogen (secondary N) is 2. The zero-order valence-electron chi connectivity index (χ0n) is 13.8. The zero-order chi connectivity index (χ0) is 17.4. The Morgan fingerprint density at radius 1 is 1.08 bits per heavy atom. The molecule has 0 unspecified atom stereocenters. The molecule has 1 aliphatic heterocycles. The quantitative estimate of drug-likeness (QED) is 0.901. The molecule has 0 bridgehead atoms. The van der Waals surface area contributed by atoms with Crippen LogP contribution in [0.4, 0.5) is 11.4 Å². The number of nitrogens with zero attached hydrogens (tertiary/aromatic N) is 1. The molecule has 0 atom stereocenters. The van der Waals surface area contributed by atoms with E-state index in [0.29, 0.717) is 18.7 Å². The Balaban J connectivity index is 1.57. The van der Waals surface area contributed by atoms with E-state index in [-0.39, 0.29) is 17.0 Å². The third-order valence-corrected chi connectivity index (χ3v) is 4.82. The summed E-state index contributed by atoms with van der Waals surface area (Å²) in [7, 11) is 0. The zero-order valence-corrected chi connectivity index (χ0v) is 13.8. The van der Waals surface area contributed by atoms with E-state index in [9.17, 15) is 14.4 Å². The van der Waals surface area contributed by atoms with Gasteiger partial charge in [-0.05, 0) is 55.5 Å². The molecule has 2 aromatic rings. The van der Waals surface area contributed by atoms with Gasteiger partial charge in [-0.25, -0.2) is 0 Å². The molecule has 2 N–H and O–H groups in total. The lowest BCUT2D eigenvalue weighted by Gasteiger charge is -2.16. The molecule has 0 saturated carbocycles. The van der Waals surface area contributed by atoms with Crippen LogP contribution in [0.15, 0.2) is 35.1 Å². The van der Waals surface area contributed by atoms with Crippen LogP contribution in [0.25, 0.3) is 0 Å². The van der Waals surface area contributed by atoms with E-state index in [1.165, 1.54) is 0 Å². The third-order valence-electron chi connectivity index (χ3n) is 4.82. The van der Waals surface area contributed by atoms with Crippen LogP contribution in [-0.2, 0) is 17.6 Å². The van der Waals surface area contributed by atoms with Gasteiger partial charge in [0, 0.05) is 30.0 Å². The van der Waals surface area contributed by atoms with Crippen LogP contribution in [0.2, 0.25) is 0 Å². The van der Waals surface area contributed by atoms with Gasteiger partial charge >= 0.3 is 0 Å². The number of fused-ring (bicyclic) bond motifs is 1. The first kappa shape index (κ1) is 15.6. The van der Waals surface area contributed by atoms with Crippen LogP contribution in [-0.4, -0.2) is 23.3 Å². The minimum Gasteiger partial charge on any atom is -0.325 e. The second kappa shape index (κ2) is 6.20. The highest BCUT2D eigenvalue weighted by atomic mass is 16.2. The van der Waals surface area contributed by atoms with Crippen LogP contribution in [0.3, 0.4) is 0 Å². The molecule has 1 saturated heterocycles. The highest BCUT2D eigenvalue weighted by Gasteiger charge is 2.22. The van der Waals surface area contributed by atoms with Crippen molar-refractivity contribution in [2.24, 2.45) is 0 Å². The number of pyridine rings is 1. The van der Waals surface area contributed by atoms with Gasteiger partial charge in [0.2, 0.25) is 5.91 Å². The van der Waals surface area contributed by atoms with Crippen LogP contribution in [0.1, 0.15) is 40.9 Å². The van der Waals surface area contributed by atoms with Crippen molar-refractivity contribution in [2.45, 2.75) is 32.1 Å². The molecule has 2 heterocycles. The maximum absolute atomic E-state index is 12.5. The predicted molar refractivity (Wildman–Crippen MR) is 95.1 cm³/mol. The number of anilines is 2. The molecule has 1 fully saturated rings. The topological polar surface area (TPSA) is 82.3 Å². The maximum atomic E-state index is 12.5. The minimum absolute atomic E-state index is 0.0959. The summed E-state index contributed by atoms with van der Waals surface area (Å²) >= 11 is 0. The number of aromatic nitrogens is 1. The van der Waals surface area contributed by atoms with E-state index >= 15 is 0 Å². The van der Waals surface area contributed by atoms with Gasteiger partial charge in [-0.2, -0.15) is 0 Å². The number of carbonyl (C=O) groups is 2. The lowest BCUT2D eigenvalue weighted by Crippen LogP contribution is -2.25. The number of benzene rings is 1. The SMILES string of the molecule is O=C(Nc1cccc(N2CCCC2=O)c1)c1cc2c([nH]c1=O)CCC2. The van der Waals surface area contributed by atoms with Gasteiger partial charge < -0.3 is 15.2 Å². The van der Waals surface area contributed by atoms with Crippen molar-refractivity contribution in [2.75, 3.05) is 16.8 Å². The number of aromatic amines is 1. The number of carbonyl (C=O) groups excluding carboxylic acids is 2. The van der Waals surface area contributed by atoms with Crippen LogP contribution in [0, 0.1) is 0 Å². The summed E-state index contributed by atoms with van der Waals surface area (Å²) < 4.78 is 0. The number of hydrogen-bond donors (Lipinski definition) is 2. The molecule has 1 aromatic carbocycles. The fourth-order valence-electron chi connectivity index (χ4n) is 3.55. The second-order valence-electron chi connectivity index (χ2n) is 6.52. The Morgan fingerprint density at radius 3 is 2.76 bits per heavy atom. The summed E-state index contributed by atoms with van der Waals surface area (Å²) in [4.78, 5) is 41.1. The van der Waals surface area contributed by atoms with Crippen LogP contribution >= 0.6 is 0 Å². The van der Waals surface area contributed by atoms with Gasteiger partial charge in [0.15, 0.2) is 0 Å². The highest BCUT2D eigenvalue weighted by molar-refractivity contribution is 6.04. The van der Waals surface area contributed by atoms with E-state index in [1.54, 1.807) is 29.2 Å². The summed E-state index contributed by atoms with van der Waals surface area (Å²) in [5, 5.41) is 2.77. The molecule has 6 nitrogen and oxygen atoms in total. The number of aryl methyl sites for hydroxylation is 2. The Labute approximate surface area is 144 Å². The number of hydrogen-bond acceptors (Lipinski definition) is 3. The molecule has 6 heteroatoms. The molecule has 2 amide bonds. The van der Waals surface area contributed by atoms with Crippen molar-refractivity contribution in [1.29, 1.82) is 0 Å². The lowest BCUT2D eigenvalue weighted by atomic mass is 10.1. The van der Waals surface area contributed by atoms with E-state index in [4.69, 9.17) is 0 Å². The van der Waals surface area contributed by atoms with E-state index in [2.05, 4.69) is 10.3 Å². The van der Waals surface area contributed by atoms with Gasteiger partial charge in [0.05, 0.1) is 0 Å². The molecule has 4 rings (SSSR count). The normalized spacial score (nSPS) is 16.2. The smallest absolute Gasteiger partial charge is 0.261 e. The van der Waals surface area contributed by atoms with Crippen molar-refractivity contribution < 1.29 is 9.59 Å². The lowest BCUT2D eigenvalue weighted by molar-refractivity contribution is -0.117. The summed E-state index contributed by atoms with van der Waals surface area (Å²) in [6, 6.07) is 8.86. The van der Waals surface area contributed by atoms with Crippen molar-refractivity contribution >= 4 is 23.2 Å². The fourth-order valence-corrected chi connectivity index (χ4v) is 3.55. The monoisotopic (exact) mass is 337 g/mol. The van der Waals surface area contributed by atoms with Gasteiger partial charge in [-0.15, -0.1) is 0 Å². The molecular formula is C19H19N3O3. The Hall–Kier alpha value is -2.89. The molecular weight excluding hydrogens is 318 g/mol. The molecule has 0 radical (unpaired) electrons. The van der Waals surface area contributed by atoms with E-state index in [1.807, 2.05) is 6.07 Å². The highest BCUT2D eigenvalue weighted by Crippen LogP contribution is 2.25. The molecule has 1 aliphatic carbocycles. The van der Waals surface area contributed by atoms with Crippen molar-refractivity contribution in [3.8, 4) is 0 Å². The number of amides is 2. The summed E-state index contributed by atoms with van der Waals surface area (Å²) in [6.07, 6.45) is 4.15.